The molecular weight excluding hydrogens is 256 g/mol. The van der Waals surface area contributed by atoms with Crippen LogP contribution in [0, 0.1) is 0 Å². The molecule has 0 saturated carbocycles. The quantitative estimate of drug-likeness (QED) is 0.520. The average Bonchev–Trinajstić information content (AvgIpc) is 3.01. The van der Waals surface area contributed by atoms with E-state index < -0.39 is 0 Å². The number of rotatable bonds is 4. The Labute approximate surface area is 118 Å². The Morgan fingerprint density at radius 1 is 1.15 bits per heavy atom. The highest BCUT2D eigenvalue weighted by atomic mass is 16.6. The zero-order valence-electron chi connectivity index (χ0n) is 11.5. The molecule has 1 aromatic rings. The fraction of sp³-hybridized carbons (Fsp3) is 0.533. The first-order chi connectivity index (χ1) is 9.86. The first kappa shape index (κ1) is 13.2. The van der Waals surface area contributed by atoms with E-state index in [1.807, 2.05) is 18.2 Å². The predicted molar refractivity (Wildman–Crippen MR) is 76.0 cm³/mol. The molecule has 2 heterocycles. The van der Waals surface area contributed by atoms with Crippen molar-refractivity contribution >= 4 is 5.71 Å². The molecule has 0 aromatic heterocycles. The first-order valence-electron chi connectivity index (χ1n) is 7.20. The van der Waals surface area contributed by atoms with E-state index in [1.165, 1.54) is 12.8 Å². The van der Waals surface area contributed by atoms with E-state index in [2.05, 4.69) is 10.1 Å². The standard InChI is InChI=1S/C15H20N2O3/c18-16-13(5-8-17-6-1-2-7-17)12-3-4-14-15(11-12)20-10-9-19-14/h3-4,11,18H,1-2,5-10H2/b16-13-. The van der Waals surface area contributed by atoms with E-state index in [-0.39, 0.29) is 0 Å². The van der Waals surface area contributed by atoms with Crippen molar-refractivity contribution in [2.75, 3.05) is 32.8 Å². The van der Waals surface area contributed by atoms with Gasteiger partial charge in [-0.25, -0.2) is 0 Å². The summed E-state index contributed by atoms with van der Waals surface area (Å²) in [6.07, 6.45) is 3.29. The van der Waals surface area contributed by atoms with E-state index >= 15 is 0 Å². The monoisotopic (exact) mass is 276 g/mol. The number of oxime groups is 1. The molecule has 0 aliphatic carbocycles. The van der Waals surface area contributed by atoms with Crippen LogP contribution in [0.1, 0.15) is 24.8 Å². The van der Waals surface area contributed by atoms with Crippen molar-refractivity contribution in [3.8, 4) is 11.5 Å². The summed E-state index contributed by atoms with van der Waals surface area (Å²) in [7, 11) is 0. The van der Waals surface area contributed by atoms with Gasteiger partial charge >= 0.3 is 0 Å². The molecule has 108 valence electrons. The van der Waals surface area contributed by atoms with Gasteiger partial charge in [0.1, 0.15) is 13.2 Å². The lowest BCUT2D eigenvalue weighted by Crippen LogP contribution is -2.23. The molecule has 5 nitrogen and oxygen atoms in total. The SMILES string of the molecule is O/N=C(/CCN1CCCC1)c1ccc2c(c1)OCCO2. The molecular formula is C15H20N2O3. The van der Waals surface area contributed by atoms with Gasteiger partial charge in [-0.15, -0.1) is 0 Å². The number of fused-ring (bicyclic) bond motifs is 1. The molecule has 2 aliphatic heterocycles. The van der Waals surface area contributed by atoms with Gasteiger partial charge in [-0.05, 0) is 44.1 Å². The van der Waals surface area contributed by atoms with Crippen LogP contribution in [0.5, 0.6) is 11.5 Å². The second-order valence-corrected chi connectivity index (χ2v) is 5.20. The molecule has 0 amide bonds. The third kappa shape index (κ3) is 2.88. The summed E-state index contributed by atoms with van der Waals surface area (Å²) >= 11 is 0. The van der Waals surface area contributed by atoms with Gasteiger partial charge in [0, 0.05) is 18.5 Å². The summed E-state index contributed by atoms with van der Waals surface area (Å²) in [4.78, 5) is 2.41. The summed E-state index contributed by atoms with van der Waals surface area (Å²) in [5, 5.41) is 12.7. The van der Waals surface area contributed by atoms with E-state index in [0.717, 1.165) is 43.1 Å². The lowest BCUT2D eigenvalue weighted by Gasteiger charge is -2.19. The summed E-state index contributed by atoms with van der Waals surface area (Å²) in [6.45, 7) is 4.39. The molecule has 0 radical (unpaired) electrons. The van der Waals surface area contributed by atoms with Crippen molar-refractivity contribution < 1.29 is 14.7 Å². The molecule has 0 atom stereocenters. The largest absolute Gasteiger partial charge is 0.486 e. The van der Waals surface area contributed by atoms with E-state index in [9.17, 15) is 5.21 Å². The van der Waals surface area contributed by atoms with Crippen LogP contribution in [-0.4, -0.2) is 48.7 Å². The van der Waals surface area contributed by atoms with Crippen molar-refractivity contribution in [3.63, 3.8) is 0 Å². The molecule has 2 aliphatic rings. The van der Waals surface area contributed by atoms with Gasteiger partial charge < -0.3 is 19.6 Å². The number of benzene rings is 1. The molecule has 0 unspecified atom stereocenters. The summed E-state index contributed by atoms with van der Waals surface area (Å²) in [5.41, 5.74) is 1.60. The van der Waals surface area contributed by atoms with Crippen molar-refractivity contribution in [1.82, 2.24) is 4.90 Å². The molecule has 1 aromatic carbocycles. The van der Waals surface area contributed by atoms with Crippen LogP contribution in [0.3, 0.4) is 0 Å². The third-order valence-electron chi connectivity index (χ3n) is 3.86. The molecule has 1 saturated heterocycles. The number of hydrogen-bond acceptors (Lipinski definition) is 5. The third-order valence-corrected chi connectivity index (χ3v) is 3.86. The molecule has 5 heteroatoms. The van der Waals surface area contributed by atoms with Crippen LogP contribution < -0.4 is 9.47 Å². The lowest BCUT2D eigenvalue weighted by molar-refractivity contribution is 0.171. The summed E-state index contributed by atoms with van der Waals surface area (Å²) in [6, 6.07) is 5.70. The normalized spacial score (nSPS) is 19.3. The zero-order chi connectivity index (χ0) is 13.8. The van der Waals surface area contributed by atoms with Crippen molar-refractivity contribution in [2.24, 2.45) is 5.16 Å². The topological polar surface area (TPSA) is 54.3 Å². The van der Waals surface area contributed by atoms with Gasteiger partial charge in [0.05, 0.1) is 5.71 Å². The Morgan fingerprint density at radius 2 is 1.90 bits per heavy atom. The molecule has 3 rings (SSSR count). The van der Waals surface area contributed by atoms with Crippen LogP contribution in [0.25, 0.3) is 0 Å². The smallest absolute Gasteiger partial charge is 0.162 e. The van der Waals surface area contributed by atoms with Crippen LogP contribution >= 0.6 is 0 Å². The van der Waals surface area contributed by atoms with Crippen LogP contribution in [-0.2, 0) is 0 Å². The maximum atomic E-state index is 9.25. The maximum absolute atomic E-state index is 9.25. The van der Waals surface area contributed by atoms with Crippen LogP contribution in [0.15, 0.2) is 23.4 Å². The molecule has 0 spiro atoms. The Hall–Kier alpha value is -1.75. The minimum Gasteiger partial charge on any atom is -0.486 e. The van der Waals surface area contributed by atoms with Gasteiger partial charge in [0.15, 0.2) is 11.5 Å². The Kier molecular flexibility index (Phi) is 4.06. The Balaban J connectivity index is 1.69. The molecule has 1 N–H and O–H groups in total. The summed E-state index contributed by atoms with van der Waals surface area (Å²) in [5.74, 6) is 1.49. The van der Waals surface area contributed by atoms with Gasteiger partial charge in [0.2, 0.25) is 0 Å². The number of likely N-dealkylation sites (tertiary alicyclic amines) is 1. The molecule has 1 fully saturated rings. The highest BCUT2D eigenvalue weighted by Crippen LogP contribution is 2.31. The minimum atomic E-state index is 0.565. The Bertz CT molecular complexity index is 496. The maximum Gasteiger partial charge on any atom is 0.162 e. The van der Waals surface area contributed by atoms with Crippen molar-refractivity contribution in [3.05, 3.63) is 23.8 Å². The van der Waals surface area contributed by atoms with E-state index in [1.54, 1.807) is 0 Å². The second kappa shape index (κ2) is 6.13. The lowest BCUT2D eigenvalue weighted by atomic mass is 10.1. The fourth-order valence-electron chi connectivity index (χ4n) is 2.75. The molecule has 20 heavy (non-hydrogen) atoms. The average molecular weight is 276 g/mol. The highest BCUT2D eigenvalue weighted by molar-refractivity contribution is 6.00. The van der Waals surface area contributed by atoms with Gasteiger partial charge in [-0.1, -0.05) is 5.16 Å². The highest BCUT2D eigenvalue weighted by Gasteiger charge is 2.16. The van der Waals surface area contributed by atoms with Gasteiger partial charge in [-0.2, -0.15) is 0 Å². The number of nitrogens with zero attached hydrogens (tertiary/aromatic N) is 2. The molecule has 0 bridgehead atoms. The summed E-state index contributed by atoms with van der Waals surface area (Å²) < 4.78 is 11.1. The predicted octanol–water partition coefficient (Wildman–Crippen LogP) is 2.12. The van der Waals surface area contributed by atoms with E-state index in [0.29, 0.717) is 18.9 Å². The first-order valence-corrected chi connectivity index (χ1v) is 7.20. The van der Waals surface area contributed by atoms with Crippen LogP contribution in [0.2, 0.25) is 0 Å². The van der Waals surface area contributed by atoms with Crippen molar-refractivity contribution in [2.45, 2.75) is 19.3 Å². The second-order valence-electron chi connectivity index (χ2n) is 5.20. The Morgan fingerprint density at radius 3 is 2.65 bits per heavy atom. The van der Waals surface area contributed by atoms with E-state index in [4.69, 9.17) is 9.47 Å². The van der Waals surface area contributed by atoms with Gasteiger partial charge in [0.25, 0.3) is 0 Å². The minimum absolute atomic E-state index is 0.565. The number of ether oxygens (including phenoxy) is 2. The number of hydrogen-bond donors (Lipinski definition) is 1. The fourth-order valence-corrected chi connectivity index (χ4v) is 2.75. The van der Waals surface area contributed by atoms with Crippen molar-refractivity contribution in [1.29, 1.82) is 0 Å². The zero-order valence-corrected chi connectivity index (χ0v) is 11.5. The van der Waals surface area contributed by atoms with Crippen LogP contribution in [0.4, 0.5) is 0 Å². The van der Waals surface area contributed by atoms with Gasteiger partial charge in [-0.3, -0.25) is 0 Å².